The van der Waals surface area contributed by atoms with Gasteiger partial charge in [-0.2, -0.15) is 0 Å². The fourth-order valence-electron chi connectivity index (χ4n) is 3.52. The molecule has 0 aliphatic carbocycles. The number of benzene rings is 3. The van der Waals surface area contributed by atoms with Crippen molar-refractivity contribution in [1.82, 2.24) is 0 Å². The maximum Gasteiger partial charge on any atom is 0.157 e. The van der Waals surface area contributed by atoms with Crippen molar-refractivity contribution in [1.29, 1.82) is 0 Å². The summed E-state index contributed by atoms with van der Waals surface area (Å²) in [5, 5.41) is 11.9. The second-order valence-electron chi connectivity index (χ2n) is 7.16. The van der Waals surface area contributed by atoms with E-state index in [9.17, 15) is 14.7 Å². The first-order valence-corrected chi connectivity index (χ1v) is 9.90. The van der Waals surface area contributed by atoms with E-state index in [1.165, 1.54) is 14.2 Å². The molecule has 3 rings (SSSR count). The first-order valence-electron chi connectivity index (χ1n) is 9.90. The quantitative estimate of drug-likeness (QED) is 0.216. The van der Waals surface area contributed by atoms with Crippen LogP contribution in [0.1, 0.15) is 22.8 Å². The van der Waals surface area contributed by atoms with Gasteiger partial charge in [0.05, 0.1) is 25.4 Å². The molecule has 3 aromatic carbocycles. The summed E-state index contributed by atoms with van der Waals surface area (Å²) in [6.07, 6.45) is 3.06. The third-order valence-electron chi connectivity index (χ3n) is 5.32. The van der Waals surface area contributed by atoms with E-state index in [1.54, 1.807) is 18.2 Å². The number of hydrogen-bond acceptors (Lipinski definition) is 5. The molecule has 162 valence electrons. The minimum absolute atomic E-state index is 0.0164. The monoisotopic (exact) mass is 428 g/mol. The number of hydrogen-bond donors (Lipinski definition) is 1. The van der Waals surface area contributed by atoms with Crippen molar-refractivity contribution < 1.29 is 24.2 Å². The summed E-state index contributed by atoms with van der Waals surface area (Å²) in [4.78, 5) is 22.9. The lowest BCUT2D eigenvalue weighted by Crippen LogP contribution is -1.99. The Morgan fingerprint density at radius 3 is 2.19 bits per heavy atom. The minimum atomic E-state index is -0.0164. The zero-order valence-electron chi connectivity index (χ0n) is 18.2. The van der Waals surface area contributed by atoms with Crippen molar-refractivity contribution in [2.75, 3.05) is 14.2 Å². The molecule has 0 unspecified atom stereocenters. The summed E-state index contributed by atoms with van der Waals surface area (Å²) in [6, 6.07) is 16.9. The zero-order valence-corrected chi connectivity index (χ0v) is 18.2. The Kier molecular flexibility index (Phi) is 6.90. The Morgan fingerprint density at radius 1 is 0.969 bits per heavy atom. The number of ether oxygens (including phenoxy) is 2. The van der Waals surface area contributed by atoms with E-state index in [-0.39, 0.29) is 22.6 Å². The molecule has 0 aromatic heterocycles. The lowest BCUT2D eigenvalue weighted by molar-refractivity contribution is -0.105. The summed E-state index contributed by atoms with van der Waals surface area (Å²) < 4.78 is 10.4. The van der Waals surface area contributed by atoms with Gasteiger partial charge in [0.2, 0.25) is 0 Å². The largest absolute Gasteiger partial charge is 0.507 e. The number of methoxy groups -OCH3 is 2. The highest BCUT2D eigenvalue weighted by Gasteiger charge is 2.13. The third-order valence-corrected chi connectivity index (χ3v) is 5.32. The number of rotatable bonds is 8. The van der Waals surface area contributed by atoms with Crippen LogP contribution in [-0.2, 0) is 14.3 Å². The van der Waals surface area contributed by atoms with E-state index in [0.29, 0.717) is 23.7 Å². The minimum Gasteiger partial charge on any atom is -0.507 e. The fourth-order valence-corrected chi connectivity index (χ4v) is 3.52. The molecule has 3 aromatic rings. The van der Waals surface area contributed by atoms with E-state index in [0.717, 1.165) is 27.6 Å². The standard InChI is InChI=1S/C27H24O5/c1-17(13-26(32-4)25(16-29)18(2)31-3)19-9-11-20(12-10-19)24-14-21(15-28)27(30)23-8-6-5-7-22(23)24/h5-16,30H,2H2,1,3-4H3/b17-13+,26-25+. The number of carbonyl (C=O) groups excluding carboxylic acids is 2. The number of phenolic OH excluding ortho intramolecular Hbond substituents is 1. The van der Waals surface area contributed by atoms with Crippen molar-refractivity contribution in [2.24, 2.45) is 0 Å². The number of aromatic hydroxyl groups is 1. The average Bonchev–Trinajstić information content (AvgIpc) is 2.84. The van der Waals surface area contributed by atoms with Gasteiger partial charge in [-0.3, -0.25) is 9.59 Å². The highest BCUT2D eigenvalue weighted by atomic mass is 16.5. The predicted octanol–water partition coefficient (Wildman–Crippen LogP) is 5.69. The van der Waals surface area contributed by atoms with Gasteiger partial charge in [0.25, 0.3) is 0 Å². The van der Waals surface area contributed by atoms with Gasteiger partial charge in [-0.25, -0.2) is 0 Å². The van der Waals surface area contributed by atoms with E-state index < -0.39 is 0 Å². The topological polar surface area (TPSA) is 72.8 Å². The van der Waals surface area contributed by atoms with Crippen LogP contribution in [0.2, 0.25) is 0 Å². The van der Waals surface area contributed by atoms with Crippen LogP contribution in [0.3, 0.4) is 0 Å². The molecule has 5 nitrogen and oxygen atoms in total. The van der Waals surface area contributed by atoms with E-state index >= 15 is 0 Å². The molecule has 0 fully saturated rings. The van der Waals surface area contributed by atoms with Gasteiger partial charge in [0.15, 0.2) is 12.6 Å². The van der Waals surface area contributed by atoms with Crippen molar-refractivity contribution in [3.05, 3.63) is 95.5 Å². The van der Waals surface area contributed by atoms with Crippen LogP contribution >= 0.6 is 0 Å². The lowest BCUT2D eigenvalue weighted by atomic mass is 9.93. The lowest BCUT2D eigenvalue weighted by Gasteiger charge is -2.12. The second kappa shape index (κ2) is 9.79. The Bertz CT molecular complexity index is 1250. The fraction of sp³-hybridized carbons (Fsp3) is 0.111. The van der Waals surface area contributed by atoms with Gasteiger partial charge in [0.1, 0.15) is 17.3 Å². The van der Waals surface area contributed by atoms with Crippen LogP contribution < -0.4 is 0 Å². The Hall–Kier alpha value is -4.12. The summed E-state index contributed by atoms with van der Waals surface area (Å²) in [5.74, 6) is 0.562. The van der Waals surface area contributed by atoms with Gasteiger partial charge < -0.3 is 14.6 Å². The first-order chi connectivity index (χ1) is 15.4. The van der Waals surface area contributed by atoms with E-state index in [2.05, 4.69) is 6.58 Å². The van der Waals surface area contributed by atoms with Gasteiger partial charge in [-0.1, -0.05) is 55.1 Å². The Balaban J connectivity index is 2.05. The highest BCUT2D eigenvalue weighted by Crippen LogP contribution is 2.36. The molecular weight excluding hydrogens is 404 g/mol. The van der Waals surface area contributed by atoms with Crippen LogP contribution in [0, 0.1) is 0 Å². The van der Waals surface area contributed by atoms with Crippen LogP contribution in [-0.4, -0.2) is 31.9 Å². The molecule has 0 spiro atoms. The van der Waals surface area contributed by atoms with Crippen LogP contribution in [0.15, 0.2) is 84.3 Å². The molecule has 1 N–H and O–H groups in total. The number of aldehydes is 2. The molecule has 0 saturated heterocycles. The molecule has 0 heterocycles. The smallest absolute Gasteiger partial charge is 0.157 e. The van der Waals surface area contributed by atoms with Crippen LogP contribution in [0.25, 0.3) is 27.5 Å². The molecule has 0 bridgehead atoms. The predicted molar refractivity (Wildman–Crippen MR) is 126 cm³/mol. The summed E-state index contributed by atoms with van der Waals surface area (Å²) in [5.41, 5.74) is 4.04. The zero-order chi connectivity index (χ0) is 23.3. The first kappa shape index (κ1) is 22.6. The molecule has 32 heavy (non-hydrogen) atoms. The average molecular weight is 428 g/mol. The molecule has 0 radical (unpaired) electrons. The van der Waals surface area contributed by atoms with Gasteiger partial charge in [0, 0.05) is 5.39 Å². The molecule has 0 amide bonds. The third kappa shape index (κ3) is 4.32. The van der Waals surface area contributed by atoms with Crippen LogP contribution in [0.4, 0.5) is 0 Å². The van der Waals surface area contributed by atoms with E-state index in [4.69, 9.17) is 9.47 Å². The number of carbonyl (C=O) groups is 2. The van der Waals surface area contributed by atoms with E-state index in [1.807, 2.05) is 49.4 Å². The van der Waals surface area contributed by atoms with Crippen molar-refractivity contribution in [2.45, 2.75) is 6.92 Å². The SMILES string of the molecule is C=C(OC)/C(C=O)=C(\C=C(/C)c1ccc(-c2cc(C=O)c(O)c3ccccc23)cc1)OC. The Morgan fingerprint density at radius 2 is 1.62 bits per heavy atom. The summed E-state index contributed by atoms with van der Waals surface area (Å²) in [7, 11) is 2.92. The maximum absolute atomic E-state index is 11.5. The van der Waals surface area contributed by atoms with Crippen LogP contribution in [0.5, 0.6) is 5.75 Å². The summed E-state index contributed by atoms with van der Waals surface area (Å²) >= 11 is 0. The van der Waals surface area contributed by atoms with Gasteiger partial charge >= 0.3 is 0 Å². The second-order valence-corrected chi connectivity index (χ2v) is 7.16. The number of allylic oxidation sites excluding steroid dienone is 3. The van der Waals surface area contributed by atoms with Gasteiger partial charge in [-0.15, -0.1) is 0 Å². The molecule has 0 atom stereocenters. The molecule has 0 aliphatic rings. The number of fused-ring (bicyclic) bond motifs is 1. The molecule has 0 aliphatic heterocycles. The normalized spacial score (nSPS) is 12.2. The van der Waals surface area contributed by atoms with Crippen molar-refractivity contribution in [3.8, 4) is 16.9 Å². The molecule has 0 saturated carbocycles. The summed E-state index contributed by atoms with van der Waals surface area (Å²) in [6.45, 7) is 5.63. The van der Waals surface area contributed by atoms with Gasteiger partial charge in [-0.05, 0) is 46.7 Å². The highest BCUT2D eigenvalue weighted by molar-refractivity contribution is 6.04. The molecular formula is C27H24O5. The van der Waals surface area contributed by atoms with Crippen molar-refractivity contribution in [3.63, 3.8) is 0 Å². The van der Waals surface area contributed by atoms with Crippen molar-refractivity contribution >= 4 is 28.9 Å². The Labute approximate surface area is 186 Å². The number of phenols is 1. The maximum atomic E-state index is 11.5. The molecule has 5 heteroatoms.